The molecular weight excluding hydrogens is 196 g/mol. The third-order valence-corrected chi connectivity index (χ3v) is 1.89. The molecule has 0 aliphatic carbocycles. The maximum absolute atomic E-state index is 11.1. The van der Waals surface area contributed by atoms with E-state index in [-0.39, 0.29) is 11.8 Å². The molecule has 1 aromatic heterocycles. The van der Waals surface area contributed by atoms with Gasteiger partial charge in [-0.25, -0.2) is 15.2 Å². The van der Waals surface area contributed by atoms with E-state index in [2.05, 4.69) is 10.2 Å². The Morgan fingerprint density at radius 2 is 2.20 bits per heavy atom. The number of hydrogen-bond donors (Lipinski definition) is 1. The standard InChI is InChI=1S/C10H16N2O3/c1-7(11-12(2)3)8-5-6-9(15-8)10(13)14-4/h5-7,11H,1-4H3. The molecule has 0 radical (unpaired) electrons. The average Bonchev–Trinajstić information content (AvgIpc) is 2.64. The van der Waals surface area contributed by atoms with Gasteiger partial charge in [-0.05, 0) is 19.1 Å². The smallest absolute Gasteiger partial charge is 0.373 e. The van der Waals surface area contributed by atoms with Crippen molar-refractivity contribution in [3.63, 3.8) is 0 Å². The first-order chi connectivity index (χ1) is 7.04. The van der Waals surface area contributed by atoms with Gasteiger partial charge in [0.25, 0.3) is 0 Å². The summed E-state index contributed by atoms with van der Waals surface area (Å²) in [6.07, 6.45) is 0. The molecule has 5 nitrogen and oxygen atoms in total. The van der Waals surface area contributed by atoms with Crippen LogP contribution in [0.15, 0.2) is 16.5 Å². The summed E-state index contributed by atoms with van der Waals surface area (Å²) in [5, 5.41) is 1.82. The van der Waals surface area contributed by atoms with Crippen LogP contribution in [-0.2, 0) is 4.74 Å². The molecule has 0 aliphatic heterocycles. The van der Waals surface area contributed by atoms with Gasteiger partial charge < -0.3 is 9.15 Å². The number of nitrogens with zero attached hydrogens (tertiary/aromatic N) is 1. The van der Waals surface area contributed by atoms with Crippen molar-refractivity contribution >= 4 is 5.97 Å². The molecular formula is C10H16N2O3. The van der Waals surface area contributed by atoms with Crippen molar-refractivity contribution in [2.24, 2.45) is 0 Å². The van der Waals surface area contributed by atoms with Crippen molar-refractivity contribution in [2.45, 2.75) is 13.0 Å². The molecule has 84 valence electrons. The van der Waals surface area contributed by atoms with Crippen LogP contribution < -0.4 is 5.43 Å². The fraction of sp³-hybridized carbons (Fsp3) is 0.500. The molecule has 1 rings (SSSR count). The van der Waals surface area contributed by atoms with Gasteiger partial charge in [-0.3, -0.25) is 0 Å². The summed E-state index contributed by atoms with van der Waals surface area (Å²) in [5.41, 5.74) is 3.12. The first-order valence-electron chi connectivity index (χ1n) is 4.66. The molecule has 1 unspecified atom stereocenters. The minimum atomic E-state index is -0.460. The van der Waals surface area contributed by atoms with Crippen molar-refractivity contribution in [3.8, 4) is 0 Å². The van der Waals surface area contributed by atoms with E-state index in [1.807, 2.05) is 26.0 Å². The second-order valence-electron chi connectivity index (χ2n) is 3.44. The molecule has 0 spiro atoms. The molecule has 0 bridgehead atoms. The van der Waals surface area contributed by atoms with Crippen molar-refractivity contribution in [3.05, 3.63) is 23.7 Å². The number of rotatable bonds is 4. The van der Waals surface area contributed by atoms with Crippen molar-refractivity contribution in [1.29, 1.82) is 0 Å². The summed E-state index contributed by atoms with van der Waals surface area (Å²) in [7, 11) is 5.10. The van der Waals surface area contributed by atoms with Gasteiger partial charge in [0.1, 0.15) is 5.76 Å². The maximum atomic E-state index is 11.1. The Kier molecular flexibility index (Phi) is 3.88. The van der Waals surface area contributed by atoms with Crippen molar-refractivity contribution in [2.75, 3.05) is 21.2 Å². The Morgan fingerprint density at radius 1 is 1.53 bits per heavy atom. The second kappa shape index (κ2) is 4.95. The van der Waals surface area contributed by atoms with Gasteiger partial charge in [-0.15, -0.1) is 0 Å². The fourth-order valence-electron chi connectivity index (χ4n) is 1.25. The molecule has 15 heavy (non-hydrogen) atoms. The first kappa shape index (κ1) is 11.7. The highest BCUT2D eigenvalue weighted by molar-refractivity contribution is 5.86. The number of methoxy groups -OCH3 is 1. The number of nitrogens with one attached hydrogen (secondary N) is 1. The lowest BCUT2D eigenvalue weighted by molar-refractivity contribution is 0.0561. The zero-order valence-corrected chi connectivity index (χ0v) is 9.40. The largest absolute Gasteiger partial charge is 0.463 e. The Bertz CT molecular complexity index is 333. The molecule has 1 N–H and O–H groups in total. The van der Waals surface area contributed by atoms with Gasteiger partial charge in [0.15, 0.2) is 0 Å². The molecule has 5 heteroatoms. The van der Waals surface area contributed by atoms with E-state index in [9.17, 15) is 4.79 Å². The Labute approximate surface area is 89.0 Å². The van der Waals surface area contributed by atoms with Gasteiger partial charge in [-0.2, -0.15) is 0 Å². The molecule has 0 amide bonds. The zero-order valence-electron chi connectivity index (χ0n) is 9.40. The van der Waals surface area contributed by atoms with Gasteiger partial charge in [0, 0.05) is 14.1 Å². The highest BCUT2D eigenvalue weighted by atomic mass is 16.5. The molecule has 0 saturated heterocycles. The van der Waals surface area contributed by atoms with Crippen LogP contribution in [0.25, 0.3) is 0 Å². The highest BCUT2D eigenvalue weighted by Gasteiger charge is 2.15. The maximum Gasteiger partial charge on any atom is 0.373 e. The quantitative estimate of drug-likeness (QED) is 0.600. The van der Waals surface area contributed by atoms with Gasteiger partial charge in [0.05, 0.1) is 13.2 Å². The SMILES string of the molecule is COC(=O)c1ccc(C(C)NN(C)C)o1. The molecule has 0 aromatic carbocycles. The number of hydrogen-bond acceptors (Lipinski definition) is 5. The van der Waals surface area contributed by atoms with Gasteiger partial charge in [-0.1, -0.05) is 0 Å². The van der Waals surface area contributed by atoms with E-state index in [0.29, 0.717) is 5.76 Å². The minimum Gasteiger partial charge on any atom is -0.463 e. The summed E-state index contributed by atoms with van der Waals surface area (Å²) in [5.74, 6) is 0.460. The zero-order chi connectivity index (χ0) is 11.4. The summed E-state index contributed by atoms with van der Waals surface area (Å²) in [6.45, 7) is 1.94. The number of hydrazine groups is 1. The van der Waals surface area contributed by atoms with E-state index in [0.717, 1.165) is 0 Å². The number of ether oxygens (including phenoxy) is 1. The number of carbonyl (C=O) groups excluding carboxylic acids is 1. The summed E-state index contributed by atoms with van der Waals surface area (Å²) < 4.78 is 9.88. The lowest BCUT2D eigenvalue weighted by atomic mass is 10.3. The van der Waals surface area contributed by atoms with Crippen LogP contribution in [0.4, 0.5) is 0 Å². The Morgan fingerprint density at radius 3 is 2.73 bits per heavy atom. The highest BCUT2D eigenvalue weighted by Crippen LogP contribution is 2.16. The van der Waals surface area contributed by atoms with Gasteiger partial charge >= 0.3 is 5.97 Å². The second-order valence-corrected chi connectivity index (χ2v) is 3.44. The van der Waals surface area contributed by atoms with Crippen LogP contribution in [0.3, 0.4) is 0 Å². The third kappa shape index (κ3) is 3.07. The van der Waals surface area contributed by atoms with Crippen LogP contribution >= 0.6 is 0 Å². The third-order valence-electron chi connectivity index (χ3n) is 1.89. The number of furan rings is 1. The lowest BCUT2D eigenvalue weighted by Crippen LogP contribution is -2.32. The molecule has 0 fully saturated rings. The van der Waals surface area contributed by atoms with Crippen LogP contribution in [0.5, 0.6) is 0 Å². The lowest BCUT2D eigenvalue weighted by Gasteiger charge is -2.17. The Hall–Kier alpha value is -1.33. The van der Waals surface area contributed by atoms with Crippen LogP contribution in [0.2, 0.25) is 0 Å². The van der Waals surface area contributed by atoms with E-state index in [1.54, 1.807) is 12.1 Å². The normalized spacial score (nSPS) is 12.9. The summed E-state index contributed by atoms with van der Waals surface area (Å²) >= 11 is 0. The molecule has 1 aromatic rings. The van der Waals surface area contributed by atoms with E-state index in [1.165, 1.54) is 7.11 Å². The predicted molar refractivity (Wildman–Crippen MR) is 55.3 cm³/mol. The van der Waals surface area contributed by atoms with Crippen molar-refractivity contribution in [1.82, 2.24) is 10.4 Å². The predicted octanol–water partition coefficient (Wildman–Crippen LogP) is 1.19. The van der Waals surface area contributed by atoms with E-state index < -0.39 is 5.97 Å². The molecule has 1 atom stereocenters. The summed E-state index contributed by atoms with van der Waals surface area (Å²) in [6, 6.07) is 3.38. The first-order valence-corrected chi connectivity index (χ1v) is 4.66. The van der Waals surface area contributed by atoms with Crippen LogP contribution in [-0.4, -0.2) is 32.2 Å². The van der Waals surface area contributed by atoms with Crippen LogP contribution in [0, 0.1) is 0 Å². The number of esters is 1. The van der Waals surface area contributed by atoms with Crippen LogP contribution in [0.1, 0.15) is 29.3 Å². The topological polar surface area (TPSA) is 54.7 Å². The van der Waals surface area contributed by atoms with E-state index in [4.69, 9.17) is 4.42 Å². The molecule has 1 heterocycles. The Balaban J connectivity index is 2.71. The molecule has 0 aliphatic rings. The number of carbonyl (C=O) groups is 1. The minimum absolute atomic E-state index is 0.0124. The molecule has 0 saturated carbocycles. The fourth-order valence-corrected chi connectivity index (χ4v) is 1.25. The van der Waals surface area contributed by atoms with E-state index >= 15 is 0 Å². The monoisotopic (exact) mass is 212 g/mol. The summed E-state index contributed by atoms with van der Waals surface area (Å²) in [4.78, 5) is 11.1. The van der Waals surface area contributed by atoms with Gasteiger partial charge in [0.2, 0.25) is 5.76 Å². The van der Waals surface area contributed by atoms with Crippen molar-refractivity contribution < 1.29 is 13.9 Å². The average molecular weight is 212 g/mol.